The summed E-state index contributed by atoms with van der Waals surface area (Å²) in [6.45, 7) is 4.98. The summed E-state index contributed by atoms with van der Waals surface area (Å²) in [5.74, 6) is 0.256. The molecular weight excluding hydrogens is 464 g/mol. The Balaban J connectivity index is 1.40. The van der Waals surface area contributed by atoms with E-state index in [-0.39, 0.29) is 16.9 Å². The van der Waals surface area contributed by atoms with Gasteiger partial charge in [-0.25, -0.2) is 8.42 Å². The predicted molar refractivity (Wildman–Crippen MR) is 137 cm³/mol. The van der Waals surface area contributed by atoms with E-state index >= 15 is 0 Å². The lowest BCUT2D eigenvalue weighted by atomic mass is 10.1. The van der Waals surface area contributed by atoms with Crippen LogP contribution in [0.25, 0.3) is 0 Å². The van der Waals surface area contributed by atoms with Gasteiger partial charge in [0.05, 0.1) is 16.7 Å². The van der Waals surface area contributed by atoms with Gasteiger partial charge >= 0.3 is 0 Å². The van der Waals surface area contributed by atoms with E-state index in [0.717, 1.165) is 37.0 Å². The van der Waals surface area contributed by atoms with Crippen LogP contribution in [0.5, 0.6) is 5.75 Å². The molecule has 1 aliphatic heterocycles. The van der Waals surface area contributed by atoms with Crippen LogP contribution in [0.15, 0.2) is 71.6 Å². The van der Waals surface area contributed by atoms with Crippen molar-refractivity contribution in [1.82, 2.24) is 0 Å². The van der Waals surface area contributed by atoms with Gasteiger partial charge in [0.25, 0.3) is 15.9 Å². The fraction of sp³-hybridized carbons (Fsp3) is 0.296. The molecule has 1 amide bonds. The molecule has 4 rings (SSSR count). The molecule has 2 N–H and O–H groups in total. The fourth-order valence-electron chi connectivity index (χ4n) is 3.80. The molecule has 0 bridgehead atoms. The first-order valence-corrected chi connectivity index (χ1v) is 13.1. The highest BCUT2D eigenvalue weighted by Crippen LogP contribution is 2.26. The number of ether oxygens (including phenoxy) is 2. The molecule has 184 valence electrons. The van der Waals surface area contributed by atoms with Crippen LogP contribution >= 0.6 is 0 Å². The molecule has 8 heteroatoms. The first-order valence-electron chi connectivity index (χ1n) is 11.7. The van der Waals surface area contributed by atoms with Gasteiger partial charge in [0.2, 0.25) is 0 Å². The summed E-state index contributed by atoms with van der Waals surface area (Å²) in [4.78, 5) is 13.0. The molecule has 1 unspecified atom stereocenters. The molecule has 1 fully saturated rings. The minimum atomic E-state index is -3.73. The number of carbonyl (C=O) groups excluding carboxylic acids is 1. The van der Waals surface area contributed by atoms with Crippen LogP contribution in [0.4, 0.5) is 11.4 Å². The van der Waals surface area contributed by atoms with Crippen molar-refractivity contribution < 1.29 is 22.7 Å². The van der Waals surface area contributed by atoms with Crippen LogP contribution in [-0.4, -0.2) is 33.6 Å². The number of rotatable bonds is 8. The van der Waals surface area contributed by atoms with Gasteiger partial charge in [-0.15, -0.1) is 0 Å². The van der Waals surface area contributed by atoms with Crippen molar-refractivity contribution in [1.29, 1.82) is 0 Å². The quantitative estimate of drug-likeness (QED) is 0.443. The maximum absolute atomic E-state index is 12.8. The number of benzene rings is 3. The summed E-state index contributed by atoms with van der Waals surface area (Å²) >= 11 is 0. The summed E-state index contributed by atoms with van der Waals surface area (Å²) in [5.41, 5.74) is 3.25. The van der Waals surface area contributed by atoms with Crippen molar-refractivity contribution in [3.63, 3.8) is 0 Å². The zero-order chi connectivity index (χ0) is 24.8. The van der Waals surface area contributed by atoms with Gasteiger partial charge in [-0.05, 0) is 92.8 Å². The third-order valence-electron chi connectivity index (χ3n) is 6.02. The highest BCUT2D eigenvalue weighted by Gasteiger charge is 2.17. The van der Waals surface area contributed by atoms with Crippen molar-refractivity contribution in [2.45, 2.75) is 44.1 Å². The van der Waals surface area contributed by atoms with E-state index in [4.69, 9.17) is 9.47 Å². The average Bonchev–Trinajstić information content (AvgIpc) is 2.86. The van der Waals surface area contributed by atoms with Crippen LogP contribution in [-0.2, 0) is 14.8 Å². The molecule has 1 heterocycles. The normalized spacial score (nSPS) is 15.9. The lowest BCUT2D eigenvalue weighted by Gasteiger charge is -2.23. The third kappa shape index (κ3) is 6.41. The average molecular weight is 495 g/mol. The molecule has 3 aromatic rings. The van der Waals surface area contributed by atoms with E-state index in [9.17, 15) is 13.2 Å². The Hall–Kier alpha value is -3.36. The third-order valence-corrected chi connectivity index (χ3v) is 7.40. The standard InChI is InChI=1S/C27H30N2O5S/c1-19-10-15-24(17-20(19)2)35(31,32)29-22-13-11-21(12-14-22)27(30)28-25-8-3-4-9-26(25)34-18-23-7-5-6-16-33-23/h3-4,8-15,17,23,29H,5-7,16,18H2,1-2H3,(H,28,30). The Bertz CT molecular complexity index is 1280. The molecule has 1 saturated heterocycles. The van der Waals surface area contributed by atoms with Crippen molar-refractivity contribution in [2.75, 3.05) is 23.3 Å². The molecule has 0 saturated carbocycles. The van der Waals surface area contributed by atoms with Crippen molar-refractivity contribution >= 4 is 27.3 Å². The Labute approximate surface area is 206 Å². The van der Waals surface area contributed by atoms with Crippen molar-refractivity contribution in [3.8, 4) is 5.75 Å². The SMILES string of the molecule is Cc1ccc(S(=O)(=O)Nc2ccc(C(=O)Nc3ccccc3OCC3CCCCO3)cc2)cc1C. The minimum absolute atomic E-state index is 0.0626. The van der Waals surface area contributed by atoms with E-state index in [1.165, 1.54) is 0 Å². The molecule has 7 nitrogen and oxygen atoms in total. The predicted octanol–water partition coefficient (Wildman–Crippen LogP) is 5.30. The van der Waals surface area contributed by atoms with Crippen LogP contribution in [0.3, 0.4) is 0 Å². The number of aryl methyl sites for hydroxylation is 2. The van der Waals surface area contributed by atoms with Gasteiger partial charge in [0, 0.05) is 17.9 Å². The topological polar surface area (TPSA) is 93.7 Å². The van der Waals surface area contributed by atoms with Crippen molar-refractivity contribution in [2.24, 2.45) is 0 Å². The van der Waals surface area contributed by atoms with Gasteiger partial charge in [-0.3, -0.25) is 9.52 Å². The number of anilines is 2. The Morgan fingerprint density at radius 3 is 2.49 bits per heavy atom. The second kappa shape index (κ2) is 10.9. The number of carbonyl (C=O) groups is 1. The van der Waals surface area contributed by atoms with Crippen molar-refractivity contribution in [3.05, 3.63) is 83.4 Å². The van der Waals surface area contributed by atoms with Crippen LogP contribution in [0.1, 0.15) is 40.7 Å². The van der Waals surface area contributed by atoms with Gasteiger partial charge in [0.1, 0.15) is 12.4 Å². The number of sulfonamides is 1. The second-order valence-electron chi connectivity index (χ2n) is 8.68. The van der Waals surface area contributed by atoms with E-state index < -0.39 is 10.0 Å². The summed E-state index contributed by atoms with van der Waals surface area (Å²) in [6, 6.07) is 18.5. The highest BCUT2D eigenvalue weighted by atomic mass is 32.2. The fourth-order valence-corrected chi connectivity index (χ4v) is 4.94. The zero-order valence-electron chi connectivity index (χ0n) is 19.9. The Morgan fingerprint density at radius 1 is 1.00 bits per heavy atom. The number of hydrogen-bond donors (Lipinski definition) is 2. The largest absolute Gasteiger partial charge is 0.489 e. The molecule has 1 aliphatic rings. The maximum Gasteiger partial charge on any atom is 0.261 e. The maximum atomic E-state index is 12.8. The number of nitrogens with one attached hydrogen (secondary N) is 2. The number of hydrogen-bond acceptors (Lipinski definition) is 5. The summed E-state index contributed by atoms with van der Waals surface area (Å²) in [7, 11) is -3.73. The highest BCUT2D eigenvalue weighted by molar-refractivity contribution is 7.92. The zero-order valence-corrected chi connectivity index (χ0v) is 20.7. The molecule has 3 aromatic carbocycles. The number of para-hydroxylation sites is 2. The Kier molecular flexibility index (Phi) is 7.73. The van der Waals surface area contributed by atoms with Gasteiger partial charge in [-0.1, -0.05) is 18.2 Å². The summed E-state index contributed by atoms with van der Waals surface area (Å²) in [5, 5.41) is 2.88. The lowest BCUT2D eigenvalue weighted by molar-refractivity contribution is -0.0109. The van der Waals surface area contributed by atoms with Gasteiger partial charge < -0.3 is 14.8 Å². The van der Waals surface area contributed by atoms with Crippen LogP contribution in [0, 0.1) is 13.8 Å². The molecule has 0 aliphatic carbocycles. The van der Waals surface area contributed by atoms with E-state index in [1.54, 1.807) is 48.5 Å². The molecular formula is C27H30N2O5S. The summed E-state index contributed by atoms with van der Waals surface area (Å²) < 4.78 is 39.7. The van der Waals surface area contributed by atoms with E-state index in [0.29, 0.717) is 29.3 Å². The summed E-state index contributed by atoms with van der Waals surface area (Å²) in [6.07, 6.45) is 3.24. The van der Waals surface area contributed by atoms with Crippen LogP contribution < -0.4 is 14.8 Å². The van der Waals surface area contributed by atoms with E-state index in [2.05, 4.69) is 10.0 Å². The molecule has 0 radical (unpaired) electrons. The second-order valence-corrected chi connectivity index (χ2v) is 10.4. The number of amides is 1. The lowest BCUT2D eigenvalue weighted by Crippen LogP contribution is -2.26. The van der Waals surface area contributed by atoms with Crippen LogP contribution in [0.2, 0.25) is 0 Å². The first-order chi connectivity index (χ1) is 16.8. The molecule has 0 aromatic heterocycles. The molecule has 1 atom stereocenters. The monoisotopic (exact) mass is 494 g/mol. The minimum Gasteiger partial charge on any atom is -0.489 e. The van der Waals surface area contributed by atoms with E-state index in [1.807, 2.05) is 32.0 Å². The molecule has 35 heavy (non-hydrogen) atoms. The first kappa shape index (κ1) is 24.8. The van der Waals surface area contributed by atoms with Gasteiger partial charge in [0.15, 0.2) is 0 Å². The Morgan fingerprint density at radius 2 is 1.77 bits per heavy atom. The smallest absolute Gasteiger partial charge is 0.261 e. The molecule has 0 spiro atoms. The van der Waals surface area contributed by atoms with Gasteiger partial charge in [-0.2, -0.15) is 0 Å².